The van der Waals surface area contributed by atoms with Gasteiger partial charge in [-0.05, 0) is 16.7 Å². The summed E-state index contributed by atoms with van der Waals surface area (Å²) in [5.74, 6) is 0. The summed E-state index contributed by atoms with van der Waals surface area (Å²) in [4.78, 5) is 0. The number of nitrogens with zero attached hydrogens (tertiary/aromatic N) is 1. The smallest absolute Gasteiger partial charge is 0.0905 e. The van der Waals surface area contributed by atoms with E-state index in [-0.39, 0.29) is 0 Å². The molecule has 2 aromatic carbocycles. The normalized spacial score (nSPS) is 7.35. The topological polar surface area (TPSA) is 23.8 Å². The minimum absolute atomic E-state index is 1.14. The molecule has 1 nitrogen and oxygen atoms in total. The minimum Gasteiger partial charge on any atom is -0.193 e. The third kappa shape index (κ3) is 14.0. The third-order valence-corrected chi connectivity index (χ3v) is 2.73. The van der Waals surface area contributed by atoms with Crippen molar-refractivity contribution in [1.82, 2.24) is 0 Å². The van der Waals surface area contributed by atoms with Gasteiger partial charge in [0.05, 0.1) is 6.07 Å². The van der Waals surface area contributed by atoms with Crippen LogP contribution in [0.2, 0.25) is 0 Å². The predicted octanol–water partition coefficient (Wildman–Crippen LogP) is 7.36. The lowest BCUT2D eigenvalue weighted by atomic mass is 10.1. The molecule has 0 aliphatic rings. The van der Waals surface area contributed by atoms with Gasteiger partial charge in [-0.1, -0.05) is 124 Å². The van der Waals surface area contributed by atoms with E-state index in [1.807, 2.05) is 72.8 Å². The van der Waals surface area contributed by atoms with Crippen LogP contribution in [0, 0.1) is 11.3 Å². The van der Waals surface area contributed by atoms with E-state index in [0.29, 0.717) is 0 Å². The SMILES string of the molecule is C=CC#N.C=CC=C.C=Cc1ccccc1.C=Cc1ccccc1C=C. The van der Waals surface area contributed by atoms with Crippen molar-refractivity contribution in [3.05, 3.63) is 129 Å². The van der Waals surface area contributed by atoms with Crippen molar-refractivity contribution in [3.8, 4) is 6.07 Å². The first kappa shape index (κ1) is 24.6. The molecular formula is C25H27N. The molecule has 0 atom stereocenters. The Bertz CT molecular complexity index is 682. The second kappa shape index (κ2) is 19.4. The molecule has 0 heterocycles. The molecule has 0 fully saturated rings. The summed E-state index contributed by atoms with van der Waals surface area (Å²) in [6, 6.07) is 19.7. The maximum Gasteiger partial charge on any atom is 0.0905 e. The Balaban J connectivity index is 0. The number of benzene rings is 2. The van der Waals surface area contributed by atoms with Gasteiger partial charge in [0.1, 0.15) is 0 Å². The van der Waals surface area contributed by atoms with E-state index in [9.17, 15) is 0 Å². The molecule has 2 rings (SSSR count). The van der Waals surface area contributed by atoms with Gasteiger partial charge in [-0.25, -0.2) is 0 Å². The number of rotatable bonds is 4. The quantitative estimate of drug-likeness (QED) is 0.421. The molecule has 0 aliphatic carbocycles. The van der Waals surface area contributed by atoms with Gasteiger partial charge in [0.25, 0.3) is 0 Å². The lowest BCUT2D eigenvalue weighted by Gasteiger charge is -1.96. The van der Waals surface area contributed by atoms with Gasteiger partial charge in [0.15, 0.2) is 0 Å². The molecule has 0 saturated heterocycles. The van der Waals surface area contributed by atoms with Gasteiger partial charge < -0.3 is 0 Å². The summed E-state index contributed by atoms with van der Waals surface area (Å²) in [5.41, 5.74) is 3.45. The Labute approximate surface area is 159 Å². The highest BCUT2D eigenvalue weighted by atomic mass is 14.2. The molecule has 2 aromatic rings. The van der Waals surface area contributed by atoms with Gasteiger partial charge in [-0.3, -0.25) is 0 Å². The monoisotopic (exact) mass is 341 g/mol. The van der Waals surface area contributed by atoms with Crippen LogP contribution in [0.3, 0.4) is 0 Å². The van der Waals surface area contributed by atoms with Gasteiger partial charge >= 0.3 is 0 Å². The molecule has 132 valence electrons. The molecule has 0 aromatic heterocycles. The standard InChI is InChI=1S/C10H10.C8H8.C4H6.C3H3N/c1-3-9-7-5-6-8-10(9)4-2;1-2-8-6-4-3-5-7-8;1-3-4-2;1-2-3-4/h3-8H,1-2H2;2-7H,1H2;3-4H,1-2H2;2H,1H2. The van der Waals surface area contributed by atoms with Crippen LogP contribution >= 0.6 is 0 Å². The molecule has 0 spiro atoms. The minimum atomic E-state index is 1.14. The predicted molar refractivity (Wildman–Crippen MR) is 119 cm³/mol. The third-order valence-electron chi connectivity index (χ3n) is 2.73. The van der Waals surface area contributed by atoms with Gasteiger partial charge in [0, 0.05) is 6.08 Å². The van der Waals surface area contributed by atoms with Crippen molar-refractivity contribution >= 4 is 18.2 Å². The molecule has 0 aliphatic heterocycles. The summed E-state index contributed by atoms with van der Waals surface area (Å²) in [5, 5.41) is 7.51. The van der Waals surface area contributed by atoms with E-state index < -0.39 is 0 Å². The van der Waals surface area contributed by atoms with E-state index in [1.54, 1.807) is 18.2 Å². The maximum absolute atomic E-state index is 7.51. The molecule has 0 radical (unpaired) electrons. The Morgan fingerprint density at radius 2 is 1.00 bits per heavy atom. The summed E-state index contributed by atoms with van der Waals surface area (Å²) >= 11 is 0. The first-order valence-electron chi connectivity index (χ1n) is 7.90. The van der Waals surface area contributed by atoms with Crippen molar-refractivity contribution in [2.45, 2.75) is 0 Å². The Kier molecular flexibility index (Phi) is 18.4. The second-order valence-electron chi connectivity index (χ2n) is 4.46. The number of hydrogen-bond acceptors (Lipinski definition) is 1. The van der Waals surface area contributed by atoms with E-state index in [2.05, 4.69) is 39.5 Å². The molecule has 0 bridgehead atoms. The second-order valence-corrected chi connectivity index (χ2v) is 4.46. The summed E-state index contributed by atoms with van der Waals surface area (Å²) in [6.45, 7) is 20.9. The fourth-order valence-electron chi connectivity index (χ4n) is 1.47. The van der Waals surface area contributed by atoms with Crippen LogP contribution < -0.4 is 0 Å². The van der Waals surface area contributed by atoms with Crippen molar-refractivity contribution in [2.75, 3.05) is 0 Å². The van der Waals surface area contributed by atoms with E-state index in [0.717, 1.165) is 11.1 Å². The number of hydrogen-bond donors (Lipinski definition) is 0. The molecule has 1 heteroatoms. The lowest BCUT2D eigenvalue weighted by molar-refractivity contribution is 1.54. The zero-order chi connectivity index (χ0) is 20.0. The summed E-state index contributed by atoms with van der Waals surface area (Å²) in [7, 11) is 0. The molecule has 0 amide bonds. The van der Waals surface area contributed by atoms with Crippen molar-refractivity contribution < 1.29 is 0 Å². The van der Waals surface area contributed by atoms with Gasteiger partial charge in [-0.15, -0.1) is 0 Å². The van der Waals surface area contributed by atoms with E-state index >= 15 is 0 Å². The molecule has 0 N–H and O–H groups in total. The molecule has 26 heavy (non-hydrogen) atoms. The van der Waals surface area contributed by atoms with Crippen molar-refractivity contribution in [1.29, 1.82) is 5.26 Å². The van der Waals surface area contributed by atoms with Crippen LogP contribution in [0.4, 0.5) is 0 Å². The molecule has 0 saturated carbocycles. The van der Waals surface area contributed by atoms with Crippen LogP contribution in [-0.4, -0.2) is 0 Å². The zero-order valence-electron chi connectivity index (χ0n) is 15.4. The fourth-order valence-corrected chi connectivity index (χ4v) is 1.47. The summed E-state index contributed by atoms with van der Waals surface area (Å²) in [6.07, 6.45) is 9.95. The first-order valence-corrected chi connectivity index (χ1v) is 7.90. The lowest BCUT2D eigenvalue weighted by Crippen LogP contribution is -1.76. The average molecular weight is 341 g/mol. The molecule has 0 unspecified atom stereocenters. The number of nitriles is 1. The maximum atomic E-state index is 7.51. The summed E-state index contributed by atoms with van der Waals surface area (Å²) < 4.78 is 0. The van der Waals surface area contributed by atoms with E-state index in [1.165, 1.54) is 11.6 Å². The highest BCUT2D eigenvalue weighted by molar-refractivity contribution is 5.63. The average Bonchev–Trinajstić information content (AvgIpc) is 2.74. The fraction of sp³-hybridized carbons (Fsp3) is 0. The van der Waals surface area contributed by atoms with Crippen LogP contribution in [0.25, 0.3) is 18.2 Å². The Morgan fingerprint density at radius 1 is 0.615 bits per heavy atom. The van der Waals surface area contributed by atoms with Crippen molar-refractivity contribution in [2.24, 2.45) is 0 Å². The van der Waals surface area contributed by atoms with Crippen LogP contribution in [0.15, 0.2) is 112 Å². The van der Waals surface area contributed by atoms with E-state index in [4.69, 9.17) is 5.26 Å². The van der Waals surface area contributed by atoms with Crippen LogP contribution in [0.5, 0.6) is 0 Å². The van der Waals surface area contributed by atoms with Crippen molar-refractivity contribution in [3.63, 3.8) is 0 Å². The van der Waals surface area contributed by atoms with Crippen LogP contribution in [0.1, 0.15) is 16.7 Å². The largest absolute Gasteiger partial charge is 0.193 e. The van der Waals surface area contributed by atoms with Gasteiger partial charge in [0.2, 0.25) is 0 Å². The Hall–Kier alpha value is -3.63. The number of allylic oxidation sites excluding steroid dienone is 3. The highest BCUT2D eigenvalue weighted by Gasteiger charge is 1.89. The Morgan fingerprint density at radius 3 is 1.23 bits per heavy atom. The van der Waals surface area contributed by atoms with Gasteiger partial charge in [-0.2, -0.15) is 5.26 Å². The zero-order valence-corrected chi connectivity index (χ0v) is 15.4. The first-order chi connectivity index (χ1) is 12.6. The highest BCUT2D eigenvalue weighted by Crippen LogP contribution is 2.10. The molecular weight excluding hydrogens is 314 g/mol. The van der Waals surface area contributed by atoms with Crippen LogP contribution in [-0.2, 0) is 0 Å².